The van der Waals surface area contributed by atoms with Crippen molar-refractivity contribution in [3.8, 4) is 0 Å². The van der Waals surface area contributed by atoms with E-state index < -0.39 is 0 Å². The zero-order chi connectivity index (χ0) is 9.42. The molecule has 13 heavy (non-hydrogen) atoms. The molecule has 0 atom stereocenters. The number of nitrogen functional groups attached to an aromatic ring is 3. The van der Waals surface area contributed by atoms with E-state index in [0.717, 1.165) is 5.39 Å². The number of rotatable bonds is 0. The Hall–Kier alpha value is -1.97. The lowest BCUT2D eigenvalue weighted by atomic mass is 10.1. The van der Waals surface area contributed by atoms with E-state index in [4.69, 9.17) is 17.2 Å². The summed E-state index contributed by atoms with van der Waals surface area (Å²) < 4.78 is 0. The van der Waals surface area contributed by atoms with Gasteiger partial charge in [0.15, 0.2) is 0 Å². The van der Waals surface area contributed by atoms with Crippen molar-refractivity contribution in [3.05, 3.63) is 24.3 Å². The van der Waals surface area contributed by atoms with Crippen LogP contribution in [0.15, 0.2) is 24.3 Å². The summed E-state index contributed by atoms with van der Waals surface area (Å²) in [6, 6.07) is 7.11. The van der Waals surface area contributed by atoms with Crippen molar-refractivity contribution in [3.63, 3.8) is 0 Å². The van der Waals surface area contributed by atoms with Gasteiger partial charge < -0.3 is 17.2 Å². The van der Waals surface area contributed by atoms with Crippen LogP contribution in [0.3, 0.4) is 0 Å². The molecule has 4 nitrogen and oxygen atoms in total. The molecule has 0 spiro atoms. The Labute approximate surface area is 75.4 Å². The molecule has 2 rings (SSSR count). The van der Waals surface area contributed by atoms with E-state index in [1.807, 2.05) is 12.1 Å². The van der Waals surface area contributed by atoms with Crippen LogP contribution < -0.4 is 17.2 Å². The third-order valence-corrected chi connectivity index (χ3v) is 1.92. The van der Waals surface area contributed by atoms with Crippen LogP contribution in [0.4, 0.5) is 17.2 Å². The minimum absolute atomic E-state index is 0.392. The highest BCUT2D eigenvalue weighted by molar-refractivity contribution is 5.98. The minimum atomic E-state index is 0.392. The van der Waals surface area contributed by atoms with Gasteiger partial charge in [0.1, 0.15) is 5.82 Å². The number of para-hydroxylation sites is 1. The molecular formula is C9H10N4. The maximum absolute atomic E-state index is 5.75. The summed E-state index contributed by atoms with van der Waals surface area (Å²) in [4.78, 5) is 4.11. The predicted molar refractivity (Wildman–Crippen MR) is 55.0 cm³/mol. The van der Waals surface area contributed by atoms with Gasteiger partial charge in [-0.1, -0.05) is 12.1 Å². The third-order valence-electron chi connectivity index (χ3n) is 1.92. The second-order valence-electron chi connectivity index (χ2n) is 2.88. The second-order valence-corrected chi connectivity index (χ2v) is 2.88. The molecule has 0 aliphatic heterocycles. The monoisotopic (exact) mass is 174 g/mol. The van der Waals surface area contributed by atoms with Gasteiger partial charge in [-0.2, -0.15) is 0 Å². The molecule has 1 heterocycles. The van der Waals surface area contributed by atoms with Crippen LogP contribution in [0.5, 0.6) is 0 Å². The van der Waals surface area contributed by atoms with Gasteiger partial charge in [-0.25, -0.2) is 4.98 Å². The van der Waals surface area contributed by atoms with Gasteiger partial charge in [0, 0.05) is 17.1 Å². The number of anilines is 3. The van der Waals surface area contributed by atoms with Crippen LogP contribution in [-0.2, 0) is 0 Å². The Bertz CT molecular complexity index is 464. The molecule has 0 aliphatic rings. The minimum Gasteiger partial charge on any atom is -0.398 e. The average molecular weight is 174 g/mol. The number of nitrogens with zero attached hydrogens (tertiary/aromatic N) is 1. The number of pyridine rings is 1. The number of nitrogens with two attached hydrogens (primary N) is 3. The van der Waals surface area contributed by atoms with E-state index in [0.29, 0.717) is 22.7 Å². The topological polar surface area (TPSA) is 91.0 Å². The van der Waals surface area contributed by atoms with Crippen molar-refractivity contribution in [1.29, 1.82) is 0 Å². The molecule has 0 radical (unpaired) electrons. The SMILES string of the molecule is Nc1cc(N)c2cccc(N)c2n1. The molecule has 1 aromatic heterocycles. The smallest absolute Gasteiger partial charge is 0.126 e. The molecule has 0 saturated carbocycles. The highest BCUT2D eigenvalue weighted by Gasteiger charge is 2.03. The van der Waals surface area contributed by atoms with Crippen molar-refractivity contribution in [1.82, 2.24) is 4.98 Å². The first-order valence-corrected chi connectivity index (χ1v) is 3.88. The maximum Gasteiger partial charge on any atom is 0.126 e. The Morgan fingerprint density at radius 2 is 1.77 bits per heavy atom. The first kappa shape index (κ1) is 7.67. The molecule has 4 heteroatoms. The van der Waals surface area contributed by atoms with Crippen molar-refractivity contribution in [2.45, 2.75) is 0 Å². The summed E-state index contributed by atoms with van der Waals surface area (Å²) in [6.07, 6.45) is 0. The van der Waals surface area contributed by atoms with Gasteiger partial charge in [0.05, 0.1) is 11.2 Å². The Kier molecular flexibility index (Phi) is 1.48. The van der Waals surface area contributed by atoms with Crippen LogP contribution >= 0.6 is 0 Å². The van der Waals surface area contributed by atoms with Crippen LogP contribution in [0, 0.1) is 0 Å². The van der Waals surface area contributed by atoms with Crippen molar-refractivity contribution in [2.75, 3.05) is 17.2 Å². The molecule has 1 aromatic carbocycles. The molecule has 0 saturated heterocycles. The summed E-state index contributed by atoms with van der Waals surface area (Å²) in [5, 5.41) is 0.842. The van der Waals surface area contributed by atoms with Crippen LogP contribution in [0.1, 0.15) is 0 Å². The predicted octanol–water partition coefficient (Wildman–Crippen LogP) is 0.981. The normalized spacial score (nSPS) is 10.5. The van der Waals surface area contributed by atoms with E-state index in [1.165, 1.54) is 0 Å². The number of benzene rings is 1. The molecule has 0 bridgehead atoms. The summed E-state index contributed by atoms with van der Waals surface area (Å²) in [5.41, 5.74) is 18.9. The molecule has 66 valence electrons. The number of fused-ring (bicyclic) bond motifs is 1. The lowest BCUT2D eigenvalue weighted by Crippen LogP contribution is -1.97. The van der Waals surface area contributed by atoms with E-state index in [-0.39, 0.29) is 0 Å². The summed E-state index contributed by atoms with van der Waals surface area (Å²) in [6.45, 7) is 0. The van der Waals surface area contributed by atoms with Crippen LogP contribution in [0.2, 0.25) is 0 Å². The molecule has 6 N–H and O–H groups in total. The van der Waals surface area contributed by atoms with Crippen molar-refractivity contribution in [2.24, 2.45) is 0 Å². The Morgan fingerprint density at radius 3 is 2.54 bits per heavy atom. The van der Waals surface area contributed by atoms with Gasteiger partial charge in [-0.15, -0.1) is 0 Å². The molecular weight excluding hydrogens is 164 g/mol. The summed E-state index contributed by atoms with van der Waals surface area (Å²) in [7, 11) is 0. The summed E-state index contributed by atoms with van der Waals surface area (Å²) in [5.74, 6) is 0.392. The van der Waals surface area contributed by atoms with Crippen molar-refractivity contribution >= 4 is 28.1 Å². The molecule has 0 fully saturated rings. The van der Waals surface area contributed by atoms with Gasteiger partial charge in [0.25, 0.3) is 0 Å². The first-order chi connectivity index (χ1) is 6.18. The molecule has 0 unspecified atom stereocenters. The number of aromatic nitrogens is 1. The van der Waals surface area contributed by atoms with Gasteiger partial charge in [-0.3, -0.25) is 0 Å². The third kappa shape index (κ3) is 1.12. The van der Waals surface area contributed by atoms with E-state index >= 15 is 0 Å². The quantitative estimate of drug-likeness (QED) is 0.519. The standard InChI is InChI=1S/C9H10N4/c10-6-3-1-2-5-7(11)4-8(12)13-9(5)6/h1-4H,10H2,(H4,11,12,13). The number of hydrogen-bond donors (Lipinski definition) is 3. The average Bonchev–Trinajstić information content (AvgIpc) is 2.07. The fraction of sp³-hybridized carbons (Fsp3) is 0. The second kappa shape index (κ2) is 2.52. The fourth-order valence-corrected chi connectivity index (χ4v) is 1.32. The fourth-order valence-electron chi connectivity index (χ4n) is 1.32. The summed E-state index contributed by atoms with van der Waals surface area (Å²) >= 11 is 0. The highest BCUT2D eigenvalue weighted by Crippen LogP contribution is 2.25. The molecule has 0 amide bonds. The van der Waals surface area contributed by atoms with E-state index in [2.05, 4.69) is 4.98 Å². The lowest BCUT2D eigenvalue weighted by Gasteiger charge is -2.04. The van der Waals surface area contributed by atoms with Gasteiger partial charge in [-0.05, 0) is 6.07 Å². The number of hydrogen-bond acceptors (Lipinski definition) is 4. The molecule has 0 aliphatic carbocycles. The Balaban J connectivity index is 2.94. The highest BCUT2D eigenvalue weighted by atomic mass is 14.9. The van der Waals surface area contributed by atoms with E-state index in [1.54, 1.807) is 12.1 Å². The van der Waals surface area contributed by atoms with Crippen LogP contribution in [-0.4, -0.2) is 4.98 Å². The largest absolute Gasteiger partial charge is 0.398 e. The van der Waals surface area contributed by atoms with Crippen molar-refractivity contribution < 1.29 is 0 Å². The Morgan fingerprint density at radius 1 is 1.00 bits per heavy atom. The molecule has 2 aromatic rings. The zero-order valence-corrected chi connectivity index (χ0v) is 6.99. The zero-order valence-electron chi connectivity index (χ0n) is 6.99. The van der Waals surface area contributed by atoms with Gasteiger partial charge in [0.2, 0.25) is 0 Å². The maximum atomic E-state index is 5.75. The van der Waals surface area contributed by atoms with E-state index in [9.17, 15) is 0 Å². The van der Waals surface area contributed by atoms with Gasteiger partial charge >= 0.3 is 0 Å². The first-order valence-electron chi connectivity index (χ1n) is 3.88. The van der Waals surface area contributed by atoms with Crippen LogP contribution in [0.25, 0.3) is 10.9 Å². The lowest BCUT2D eigenvalue weighted by molar-refractivity contribution is 1.42.